The molecule has 0 atom stereocenters. The summed E-state index contributed by atoms with van der Waals surface area (Å²) in [6.45, 7) is 8.67. The van der Waals surface area contributed by atoms with Gasteiger partial charge in [-0.1, -0.05) is 30.3 Å². The summed E-state index contributed by atoms with van der Waals surface area (Å²) < 4.78 is 8.27. The number of alkyl carbamates (subject to hydrolysis) is 1. The van der Waals surface area contributed by atoms with Crippen molar-refractivity contribution in [2.24, 2.45) is 0 Å². The molecular formula is C21H27IN4O3. The molecule has 2 aromatic rings. The normalized spacial score (nSPS) is 15.0. The third-order valence-electron chi connectivity index (χ3n) is 4.58. The Balaban J connectivity index is 1.49. The van der Waals surface area contributed by atoms with Crippen LogP contribution in [0.5, 0.6) is 0 Å². The summed E-state index contributed by atoms with van der Waals surface area (Å²) in [6.07, 6.45) is 1.58. The molecule has 1 amide bonds. The molecule has 8 heteroatoms. The fraction of sp³-hybridized carbons (Fsp3) is 0.476. The number of imidazole rings is 1. The van der Waals surface area contributed by atoms with E-state index in [0.29, 0.717) is 25.6 Å². The number of nitrogens with one attached hydrogen (secondary N) is 1. The second-order valence-electron chi connectivity index (χ2n) is 8.22. The van der Waals surface area contributed by atoms with E-state index in [1.165, 1.54) is 0 Å². The quantitative estimate of drug-likeness (QED) is 0.457. The highest BCUT2D eigenvalue weighted by Crippen LogP contribution is 2.27. The maximum absolute atomic E-state index is 12.4. The average Bonchev–Trinajstić information content (AvgIpc) is 2.96. The Morgan fingerprint density at radius 3 is 2.59 bits per heavy atom. The van der Waals surface area contributed by atoms with Gasteiger partial charge in [0, 0.05) is 43.9 Å². The van der Waals surface area contributed by atoms with Gasteiger partial charge in [-0.2, -0.15) is 0 Å². The van der Waals surface area contributed by atoms with Gasteiger partial charge in [-0.25, -0.2) is 9.78 Å². The van der Waals surface area contributed by atoms with Gasteiger partial charge in [0.1, 0.15) is 15.1 Å². The highest BCUT2D eigenvalue weighted by molar-refractivity contribution is 14.1. The Morgan fingerprint density at radius 2 is 1.93 bits per heavy atom. The number of hydrogen-bond acceptors (Lipinski definition) is 5. The highest BCUT2D eigenvalue weighted by Gasteiger charge is 2.32. The first-order valence-electron chi connectivity index (χ1n) is 9.71. The number of amides is 1. The molecule has 1 aliphatic heterocycles. The fourth-order valence-corrected chi connectivity index (χ4v) is 3.86. The second kappa shape index (κ2) is 9.25. The zero-order valence-electron chi connectivity index (χ0n) is 17.0. The van der Waals surface area contributed by atoms with Gasteiger partial charge in [0.2, 0.25) is 0 Å². The van der Waals surface area contributed by atoms with Crippen LogP contribution in [0, 0.1) is 3.70 Å². The molecule has 1 saturated heterocycles. The molecule has 0 radical (unpaired) electrons. The van der Waals surface area contributed by atoms with Crippen molar-refractivity contribution in [3.05, 3.63) is 51.6 Å². The molecular weight excluding hydrogens is 483 g/mol. The molecule has 1 fully saturated rings. The first-order valence-corrected chi connectivity index (χ1v) is 10.8. The van der Waals surface area contributed by atoms with Crippen LogP contribution in [0.15, 0.2) is 36.5 Å². The molecule has 3 rings (SSSR count). The van der Waals surface area contributed by atoms with Crippen LogP contribution < -0.4 is 5.32 Å². The maximum Gasteiger partial charge on any atom is 0.407 e. The molecule has 0 spiro atoms. The van der Waals surface area contributed by atoms with Crippen LogP contribution >= 0.6 is 22.6 Å². The Morgan fingerprint density at radius 1 is 1.24 bits per heavy atom. The number of hydrogen-bond donors (Lipinski definition) is 1. The number of aromatic nitrogens is 2. The minimum atomic E-state index is -0.508. The van der Waals surface area contributed by atoms with E-state index in [4.69, 9.17) is 4.74 Å². The molecule has 7 nitrogen and oxygen atoms in total. The van der Waals surface area contributed by atoms with E-state index >= 15 is 0 Å². The molecule has 0 bridgehead atoms. The van der Waals surface area contributed by atoms with Crippen molar-refractivity contribution < 1.29 is 14.3 Å². The number of carbonyl (C=O) groups excluding carboxylic acids is 2. The lowest BCUT2D eigenvalue weighted by Crippen LogP contribution is -2.48. The lowest BCUT2D eigenvalue weighted by atomic mass is 9.98. The number of Topliss-reactive ketones (excluding diaryl/α,β-unsaturated/α-hetero) is 1. The van der Waals surface area contributed by atoms with E-state index in [1.807, 2.05) is 57.3 Å². The van der Waals surface area contributed by atoms with Crippen LogP contribution in [0.25, 0.3) is 0 Å². The molecule has 0 saturated carbocycles. The highest BCUT2D eigenvalue weighted by atomic mass is 127. The van der Waals surface area contributed by atoms with Crippen LogP contribution in [0.1, 0.15) is 42.9 Å². The molecule has 2 heterocycles. The molecule has 0 unspecified atom stereocenters. The zero-order valence-corrected chi connectivity index (χ0v) is 19.2. The summed E-state index contributed by atoms with van der Waals surface area (Å²) in [5, 5.41) is 2.78. The summed E-state index contributed by atoms with van der Waals surface area (Å²) in [5.74, 6) is 1.44. The number of benzene rings is 1. The molecule has 156 valence electrons. The maximum atomic E-state index is 12.4. The predicted molar refractivity (Wildman–Crippen MR) is 119 cm³/mol. The van der Waals surface area contributed by atoms with Crippen LogP contribution in [-0.4, -0.2) is 58.1 Å². The first-order chi connectivity index (χ1) is 13.7. The minimum absolute atomic E-state index is 0.142. The molecule has 1 aromatic heterocycles. The van der Waals surface area contributed by atoms with Gasteiger partial charge in [-0.05, 0) is 43.4 Å². The predicted octanol–water partition coefficient (Wildman–Crippen LogP) is 3.29. The van der Waals surface area contributed by atoms with Crippen molar-refractivity contribution in [1.29, 1.82) is 0 Å². The third kappa shape index (κ3) is 6.27. The van der Waals surface area contributed by atoms with Gasteiger partial charge in [0.15, 0.2) is 5.78 Å². The van der Waals surface area contributed by atoms with E-state index in [9.17, 15) is 9.59 Å². The zero-order chi connectivity index (χ0) is 21.0. The molecule has 29 heavy (non-hydrogen) atoms. The largest absolute Gasteiger partial charge is 0.444 e. The van der Waals surface area contributed by atoms with E-state index in [-0.39, 0.29) is 5.78 Å². The topological polar surface area (TPSA) is 76.5 Å². The van der Waals surface area contributed by atoms with E-state index in [2.05, 4.69) is 42.4 Å². The molecule has 1 N–H and O–H groups in total. The minimum Gasteiger partial charge on any atom is -0.444 e. The lowest BCUT2D eigenvalue weighted by Gasteiger charge is -2.38. The Labute approximate surface area is 185 Å². The summed E-state index contributed by atoms with van der Waals surface area (Å²) in [5.41, 5.74) is 0.242. The molecule has 1 aliphatic rings. The summed E-state index contributed by atoms with van der Waals surface area (Å²) in [4.78, 5) is 31.0. The van der Waals surface area contributed by atoms with Crippen LogP contribution in [0.3, 0.4) is 0 Å². The van der Waals surface area contributed by atoms with Gasteiger partial charge in [-0.15, -0.1) is 0 Å². The number of ether oxygens (including phenoxy) is 1. The first kappa shape index (κ1) is 21.8. The van der Waals surface area contributed by atoms with Crippen LogP contribution in [-0.2, 0) is 11.3 Å². The van der Waals surface area contributed by atoms with Crippen molar-refractivity contribution in [2.75, 3.05) is 26.2 Å². The van der Waals surface area contributed by atoms with Crippen LogP contribution in [0.2, 0.25) is 0 Å². The standard InChI is InChI=1S/C21H27IN4O3/c1-21(2,3)29-20(28)23-9-10-26-14-18(22)24-19(26)16-11-25(12-16)13-17(27)15-7-5-4-6-8-15/h4-8,14,16H,9-13H2,1-3H3,(H,23,28). The van der Waals surface area contributed by atoms with Crippen molar-refractivity contribution in [2.45, 2.75) is 38.8 Å². The second-order valence-corrected chi connectivity index (χ2v) is 9.33. The Kier molecular flexibility index (Phi) is 6.94. The van der Waals surface area contributed by atoms with Crippen molar-refractivity contribution in [3.8, 4) is 0 Å². The smallest absolute Gasteiger partial charge is 0.407 e. The van der Waals surface area contributed by atoms with Gasteiger partial charge in [-0.3, -0.25) is 9.69 Å². The lowest BCUT2D eigenvalue weighted by molar-refractivity contribution is 0.0525. The number of carbonyl (C=O) groups is 2. The number of likely N-dealkylation sites (tertiary alicyclic amines) is 1. The molecule has 1 aromatic carbocycles. The number of nitrogens with zero attached hydrogens (tertiary/aromatic N) is 3. The SMILES string of the molecule is CC(C)(C)OC(=O)NCCn1cc(I)nc1C1CN(CC(=O)c2ccccc2)C1. The van der Waals surface area contributed by atoms with E-state index in [1.54, 1.807) is 0 Å². The Hall–Kier alpha value is -1.94. The monoisotopic (exact) mass is 510 g/mol. The van der Waals surface area contributed by atoms with Gasteiger partial charge in [0.05, 0.1) is 6.54 Å². The van der Waals surface area contributed by atoms with Crippen molar-refractivity contribution in [1.82, 2.24) is 19.8 Å². The Bertz CT molecular complexity index is 855. The molecule has 0 aliphatic carbocycles. The summed E-state index contributed by atoms with van der Waals surface area (Å²) >= 11 is 2.20. The fourth-order valence-electron chi connectivity index (χ4n) is 3.28. The third-order valence-corrected chi connectivity index (χ3v) is 5.10. The van der Waals surface area contributed by atoms with Gasteiger partial charge < -0.3 is 14.6 Å². The number of ketones is 1. The van der Waals surface area contributed by atoms with Crippen molar-refractivity contribution in [3.63, 3.8) is 0 Å². The average molecular weight is 510 g/mol. The summed E-state index contributed by atoms with van der Waals surface area (Å²) in [6, 6.07) is 9.39. The number of halogens is 1. The van der Waals surface area contributed by atoms with Crippen LogP contribution in [0.4, 0.5) is 4.79 Å². The van der Waals surface area contributed by atoms with E-state index in [0.717, 1.165) is 28.2 Å². The van der Waals surface area contributed by atoms with E-state index < -0.39 is 11.7 Å². The van der Waals surface area contributed by atoms with Gasteiger partial charge >= 0.3 is 6.09 Å². The summed E-state index contributed by atoms with van der Waals surface area (Å²) in [7, 11) is 0. The van der Waals surface area contributed by atoms with Crippen molar-refractivity contribution >= 4 is 34.5 Å². The number of rotatable bonds is 7. The van der Waals surface area contributed by atoms with Gasteiger partial charge in [0.25, 0.3) is 0 Å².